The number of amides is 1. The number of carbonyl (C=O) groups is 1. The molecule has 0 aliphatic carbocycles. The molecule has 0 atom stereocenters. The van der Waals surface area contributed by atoms with Gasteiger partial charge in [0.15, 0.2) is 0 Å². The highest BCUT2D eigenvalue weighted by molar-refractivity contribution is 5.76. The molecule has 0 unspecified atom stereocenters. The first-order valence-electron chi connectivity index (χ1n) is 7.08. The predicted molar refractivity (Wildman–Crippen MR) is 73.8 cm³/mol. The number of rotatable bonds is 4. The van der Waals surface area contributed by atoms with Gasteiger partial charge in [-0.3, -0.25) is 4.79 Å². The maximum atomic E-state index is 12.9. The number of hydrogen-bond donors (Lipinski definition) is 0. The summed E-state index contributed by atoms with van der Waals surface area (Å²) in [5.74, 6) is 0.601. The van der Waals surface area contributed by atoms with Crippen LogP contribution >= 0.6 is 0 Å². The van der Waals surface area contributed by atoms with Gasteiger partial charge in [-0.15, -0.1) is 10.2 Å². The van der Waals surface area contributed by atoms with E-state index < -0.39 is 0 Å². The van der Waals surface area contributed by atoms with E-state index in [9.17, 15) is 9.18 Å². The summed E-state index contributed by atoms with van der Waals surface area (Å²) >= 11 is 0. The molecular weight excluding hydrogens is 273 g/mol. The Morgan fingerprint density at radius 1 is 1.19 bits per heavy atom. The van der Waals surface area contributed by atoms with Crippen molar-refractivity contribution >= 4 is 5.91 Å². The lowest BCUT2D eigenvalue weighted by Gasteiger charge is -2.13. The average Bonchev–Trinajstić information content (AvgIpc) is 3.17. The predicted octanol–water partition coefficient (Wildman–Crippen LogP) is 2.43. The van der Waals surface area contributed by atoms with Crippen LogP contribution in [0.15, 0.2) is 28.7 Å². The highest BCUT2D eigenvalue weighted by Gasteiger charge is 2.18. The van der Waals surface area contributed by atoms with Crippen LogP contribution in [0.1, 0.15) is 25.2 Å². The third-order valence-corrected chi connectivity index (χ3v) is 3.57. The molecule has 2 aromatic rings. The monoisotopic (exact) mass is 289 g/mol. The van der Waals surface area contributed by atoms with E-state index in [0.29, 0.717) is 30.2 Å². The number of aryl methyl sites for hydroxylation is 1. The highest BCUT2D eigenvalue weighted by Crippen LogP contribution is 2.19. The van der Waals surface area contributed by atoms with Crippen LogP contribution in [0.5, 0.6) is 0 Å². The van der Waals surface area contributed by atoms with Crippen LogP contribution in [0.25, 0.3) is 11.5 Å². The number of hydrogen-bond acceptors (Lipinski definition) is 4. The second kappa shape index (κ2) is 6.03. The van der Waals surface area contributed by atoms with Crippen molar-refractivity contribution in [3.8, 4) is 11.5 Å². The lowest BCUT2D eigenvalue weighted by atomic mass is 10.2. The molecule has 1 saturated heterocycles. The zero-order chi connectivity index (χ0) is 14.7. The van der Waals surface area contributed by atoms with Crippen molar-refractivity contribution in [3.05, 3.63) is 36.0 Å². The Labute approximate surface area is 121 Å². The SMILES string of the molecule is O=C(CCc1nnc(-c2ccc(F)cc2)o1)N1CCCC1. The number of halogens is 1. The van der Waals surface area contributed by atoms with Crippen molar-refractivity contribution in [2.45, 2.75) is 25.7 Å². The second-order valence-corrected chi connectivity index (χ2v) is 5.10. The summed E-state index contributed by atoms with van der Waals surface area (Å²) in [6, 6.07) is 5.86. The molecule has 2 heterocycles. The molecule has 1 aromatic heterocycles. The summed E-state index contributed by atoms with van der Waals surface area (Å²) in [7, 11) is 0. The van der Waals surface area contributed by atoms with E-state index in [0.717, 1.165) is 25.9 Å². The van der Waals surface area contributed by atoms with Gasteiger partial charge in [-0.25, -0.2) is 4.39 Å². The van der Waals surface area contributed by atoms with Gasteiger partial charge in [0.2, 0.25) is 17.7 Å². The van der Waals surface area contributed by atoms with E-state index in [-0.39, 0.29) is 11.7 Å². The van der Waals surface area contributed by atoms with E-state index >= 15 is 0 Å². The molecule has 0 radical (unpaired) electrons. The smallest absolute Gasteiger partial charge is 0.247 e. The molecule has 3 rings (SSSR count). The van der Waals surface area contributed by atoms with Crippen LogP contribution in [0, 0.1) is 5.82 Å². The summed E-state index contributed by atoms with van der Waals surface area (Å²) in [4.78, 5) is 13.8. The summed E-state index contributed by atoms with van der Waals surface area (Å²) in [6.07, 6.45) is 2.98. The van der Waals surface area contributed by atoms with Gasteiger partial charge >= 0.3 is 0 Å². The third kappa shape index (κ3) is 3.26. The van der Waals surface area contributed by atoms with E-state index in [4.69, 9.17) is 4.42 Å². The zero-order valence-corrected chi connectivity index (χ0v) is 11.6. The van der Waals surface area contributed by atoms with Gasteiger partial charge in [-0.2, -0.15) is 0 Å². The van der Waals surface area contributed by atoms with Crippen LogP contribution in [0.4, 0.5) is 4.39 Å². The Bertz CT molecular complexity index is 618. The van der Waals surface area contributed by atoms with Crippen molar-refractivity contribution in [1.29, 1.82) is 0 Å². The molecule has 5 nitrogen and oxygen atoms in total. The minimum atomic E-state index is -0.310. The number of carbonyl (C=O) groups excluding carboxylic acids is 1. The van der Waals surface area contributed by atoms with Crippen molar-refractivity contribution < 1.29 is 13.6 Å². The topological polar surface area (TPSA) is 59.2 Å². The van der Waals surface area contributed by atoms with E-state index in [2.05, 4.69) is 10.2 Å². The quantitative estimate of drug-likeness (QED) is 0.867. The van der Waals surface area contributed by atoms with Crippen LogP contribution in [-0.4, -0.2) is 34.1 Å². The fourth-order valence-corrected chi connectivity index (χ4v) is 2.40. The van der Waals surface area contributed by atoms with Crippen LogP contribution in [0.3, 0.4) is 0 Å². The van der Waals surface area contributed by atoms with Crippen LogP contribution in [0.2, 0.25) is 0 Å². The van der Waals surface area contributed by atoms with Crippen molar-refractivity contribution in [2.24, 2.45) is 0 Å². The van der Waals surface area contributed by atoms with Gasteiger partial charge < -0.3 is 9.32 Å². The number of benzene rings is 1. The van der Waals surface area contributed by atoms with E-state index in [1.54, 1.807) is 12.1 Å². The molecule has 0 bridgehead atoms. The largest absolute Gasteiger partial charge is 0.421 e. The summed E-state index contributed by atoms with van der Waals surface area (Å²) in [6.45, 7) is 1.70. The van der Waals surface area contributed by atoms with E-state index in [1.165, 1.54) is 12.1 Å². The lowest BCUT2D eigenvalue weighted by molar-refractivity contribution is -0.130. The van der Waals surface area contributed by atoms with E-state index in [1.807, 2.05) is 4.90 Å². The van der Waals surface area contributed by atoms with Crippen LogP contribution < -0.4 is 0 Å². The Balaban J connectivity index is 1.60. The summed E-state index contributed by atoms with van der Waals surface area (Å²) in [5, 5.41) is 7.86. The molecule has 1 aliphatic heterocycles. The minimum Gasteiger partial charge on any atom is -0.421 e. The van der Waals surface area contributed by atoms with Gasteiger partial charge in [0.05, 0.1) is 0 Å². The maximum Gasteiger partial charge on any atom is 0.247 e. The first-order chi connectivity index (χ1) is 10.2. The van der Waals surface area contributed by atoms with Gasteiger partial charge in [0, 0.05) is 31.5 Å². The first-order valence-corrected chi connectivity index (χ1v) is 7.08. The number of likely N-dealkylation sites (tertiary alicyclic amines) is 1. The Hall–Kier alpha value is -2.24. The molecule has 6 heteroatoms. The third-order valence-electron chi connectivity index (χ3n) is 3.57. The fraction of sp³-hybridized carbons (Fsp3) is 0.400. The zero-order valence-electron chi connectivity index (χ0n) is 11.6. The van der Waals surface area contributed by atoms with Crippen molar-refractivity contribution in [1.82, 2.24) is 15.1 Å². The van der Waals surface area contributed by atoms with Crippen LogP contribution in [-0.2, 0) is 11.2 Å². The van der Waals surface area contributed by atoms with Crippen molar-refractivity contribution in [3.63, 3.8) is 0 Å². The molecule has 0 spiro atoms. The van der Waals surface area contributed by atoms with Gasteiger partial charge in [-0.1, -0.05) is 0 Å². The number of aromatic nitrogens is 2. The lowest BCUT2D eigenvalue weighted by Crippen LogP contribution is -2.27. The fourth-order valence-electron chi connectivity index (χ4n) is 2.40. The molecule has 0 N–H and O–H groups in total. The highest BCUT2D eigenvalue weighted by atomic mass is 19.1. The van der Waals surface area contributed by atoms with Crippen molar-refractivity contribution in [2.75, 3.05) is 13.1 Å². The molecule has 1 aliphatic rings. The Morgan fingerprint density at radius 3 is 2.62 bits per heavy atom. The standard InChI is InChI=1S/C15H16FN3O2/c16-12-5-3-11(4-6-12)15-18-17-13(21-15)7-8-14(20)19-9-1-2-10-19/h3-6H,1-2,7-10H2. The molecule has 1 aromatic carbocycles. The minimum absolute atomic E-state index is 0.133. The summed E-state index contributed by atoms with van der Waals surface area (Å²) in [5.41, 5.74) is 0.668. The molecule has 0 saturated carbocycles. The molecule has 1 fully saturated rings. The molecule has 110 valence electrons. The number of nitrogens with zero attached hydrogens (tertiary/aromatic N) is 3. The van der Waals surface area contributed by atoms with Gasteiger partial charge in [0.1, 0.15) is 5.82 Å². The molecule has 21 heavy (non-hydrogen) atoms. The molecule has 1 amide bonds. The van der Waals surface area contributed by atoms with Gasteiger partial charge in [0.25, 0.3) is 0 Å². The first kappa shape index (κ1) is 13.7. The second-order valence-electron chi connectivity index (χ2n) is 5.10. The Morgan fingerprint density at radius 2 is 1.90 bits per heavy atom. The maximum absolute atomic E-state index is 12.9. The summed E-state index contributed by atoms with van der Waals surface area (Å²) < 4.78 is 18.4. The molecular formula is C15H16FN3O2. The Kier molecular flexibility index (Phi) is 3.94. The average molecular weight is 289 g/mol. The normalized spacial score (nSPS) is 14.6. The van der Waals surface area contributed by atoms with Gasteiger partial charge in [-0.05, 0) is 37.1 Å².